The fourth-order valence-electron chi connectivity index (χ4n) is 1.56. The van der Waals surface area contributed by atoms with Crippen LogP contribution >= 0.6 is 12.4 Å². The summed E-state index contributed by atoms with van der Waals surface area (Å²) in [5, 5.41) is 0. The minimum Gasteiger partial charge on any atom is -0.265 e. The maximum Gasteiger partial charge on any atom is 0.0270 e. The summed E-state index contributed by atoms with van der Waals surface area (Å²) >= 11 is 0. The van der Waals surface area contributed by atoms with Gasteiger partial charge in [-0.25, -0.2) is 0 Å². The fraction of sp³-hybridized carbons (Fsp3) is 0.583. The van der Waals surface area contributed by atoms with Gasteiger partial charge in [0.25, 0.3) is 0 Å². The van der Waals surface area contributed by atoms with Gasteiger partial charge in [0.15, 0.2) is 0 Å². The number of hydrogen-bond donors (Lipinski definition) is 0. The lowest BCUT2D eigenvalue weighted by Crippen LogP contribution is -1.93. The van der Waals surface area contributed by atoms with Gasteiger partial charge in [0.05, 0.1) is 0 Å². The lowest BCUT2D eigenvalue weighted by molar-refractivity contribution is 0.597. The van der Waals surface area contributed by atoms with E-state index in [4.69, 9.17) is 0 Å². The Morgan fingerprint density at radius 2 is 1.86 bits per heavy atom. The molecule has 0 aliphatic rings. The molecule has 0 aliphatic heterocycles. The molecule has 1 nitrogen and oxygen atoms in total. The predicted molar refractivity (Wildman–Crippen MR) is 64.0 cm³/mol. The van der Waals surface area contributed by atoms with Crippen molar-refractivity contribution in [2.45, 2.75) is 45.4 Å². The predicted octanol–water partition coefficient (Wildman–Crippen LogP) is 4.19. The Labute approximate surface area is 93.4 Å². The first kappa shape index (κ1) is 13.4. The number of nitrogens with zero attached hydrogens (tertiary/aromatic N) is 1. The SMILES string of the molecule is CCCCCC(C)c1ccncc1.Cl. The van der Waals surface area contributed by atoms with Gasteiger partial charge < -0.3 is 0 Å². The summed E-state index contributed by atoms with van der Waals surface area (Å²) in [5.74, 6) is 0.689. The van der Waals surface area contributed by atoms with Crippen molar-refractivity contribution in [1.29, 1.82) is 0 Å². The Morgan fingerprint density at radius 3 is 2.43 bits per heavy atom. The van der Waals surface area contributed by atoms with E-state index in [9.17, 15) is 0 Å². The summed E-state index contributed by atoms with van der Waals surface area (Å²) < 4.78 is 0. The molecule has 0 bridgehead atoms. The van der Waals surface area contributed by atoms with Gasteiger partial charge >= 0.3 is 0 Å². The minimum atomic E-state index is 0. The Bertz CT molecular complexity index is 223. The highest BCUT2D eigenvalue weighted by molar-refractivity contribution is 5.85. The number of halogens is 1. The van der Waals surface area contributed by atoms with Crippen molar-refractivity contribution in [1.82, 2.24) is 4.98 Å². The molecule has 0 fully saturated rings. The molecule has 0 amide bonds. The number of unbranched alkanes of at least 4 members (excludes halogenated alkanes) is 2. The topological polar surface area (TPSA) is 12.9 Å². The van der Waals surface area contributed by atoms with Crippen molar-refractivity contribution >= 4 is 12.4 Å². The van der Waals surface area contributed by atoms with Crippen LogP contribution in [-0.2, 0) is 0 Å². The van der Waals surface area contributed by atoms with Gasteiger partial charge in [-0.1, -0.05) is 33.1 Å². The lowest BCUT2D eigenvalue weighted by Gasteiger charge is -2.10. The molecule has 1 heterocycles. The third-order valence-corrected chi connectivity index (χ3v) is 2.52. The quantitative estimate of drug-likeness (QED) is 0.669. The van der Waals surface area contributed by atoms with Crippen LogP contribution in [0.2, 0.25) is 0 Å². The van der Waals surface area contributed by atoms with Crippen LogP contribution in [0.4, 0.5) is 0 Å². The Morgan fingerprint density at radius 1 is 1.21 bits per heavy atom. The third-order valence-electron chi connectivity index (χ3n) is 2.52. The standard InChI is InChI=1S/C12H19N.ClH/c1-3-4-5-6-11(2)12-7-9-13-10-8-12;/h7-11H,3-6H2,1-2H3;1H. The van der Waals surface area contributed by atoms with E-state index in [-0.39, 0.29) is 12.4 Å². The fourth-order valence-corrected chi connectivity index (χ4v) is 1.56. The van der Waals surface area contributed by atoms with E-state index in [1.54, 1.807) is 0 Å². The molecule has 1 atom stereocenters. The Hall–Kier alpha value is -0.560. The van der Waals surface area contributed by atoms with Crippen LogP contribution < -0.4 is 0 Å². The van der Waals surface area contributed by atoms with Crippen LogP contribution in [-0.4, -0.2) is 4.98 Å². The highest BCUT2D eigenvalue weighted by atomic mass is 35.5. The molecule has 1 rings (SSSR count). The average molecular weight is 214 g/mol. The lowest BCUT2D eigenvalue weighted by atomic mass is 9.96. The van der Waals surface area contributed by atoms with Gasteiger partial charge in [-0.2, -0.15) is 0 Å². The zero-order valence-corrected chi connectivity index (χ0v) is 9.89. The van der Waals surface area contributed by atoms with Gasteiger partial charge in [0.1, 0.15) is 0 Å². The first-order chi connectivity index (χ1) is 6.34. The minimum absolute atomic E-state index is 0. The summed E-state index contributed by atoms with van der Waals surface area (Å²) in [5.41, 5.74) is 1.42. The molecule has 0 spiro atoms. The molecule has 0 N–H and O–H groups in total. The molecule has 1 aromatic heterocycles. The average Bonchev–Trinajstić information content (AvgIpc) is 2.19. The first-order valence-electron chi connectivity index (χ1n) is 5.24. The van der Waals surface area contributed by atoms with Crippen LogP contribution in [0.15, 0.2) is 24.5 Å². The van der Waals surface area contributed by atoms with Crippen LogP contribution in [0.5, 0.6) is 0 Å². The van der Waals surface area contributed by atoms with E-state index in [1.165, 1.54) is 31.2 Å². The highest BCUT2D eigenvalue weighted by Gasteiger charge is 2.03. The molecule has 80 valence electrons. The molecule has 0 saturated heterocycles. The number of hydrogen-bond acceptors (Lipinski definition) is 1. The Kier molecular flexibility index (Phi) is 7.50. The molecule has 0 saturated carbocycles. The molecule has 14 heavy (non-hydrogen) atoms. The summed E-state index contributed by atoms with van der Waals surface area (Å²) in [7, 11) is 0. The van der Waals surface area contributed by atoms with Crippen LogP contribution in [0.1, 0.15) is 51.0 Å². The second-order valence-corrected chi connectivity index (χ2v) is 3.68. The van der Waals surface area contributed by atoms with E-state index >= 15 is 0 Å². The molecule has 1 aromatic rings. The summed E-state index contributed by atoms with van der Waals surface area (Å²) in [6.07, 6.45) is 9.08. The van der Waals surface area contributed by atoms with Crippen molar-refractivity contribution in [3.8, 4) is 0 Å². The van der Waals surface area contributed by atoms with E-state index in [0.29, 0.717) is 5.92 Å². The van der Waals surface area contributed by atoms with Crippen LogP contribution in [0, 0.1) is 0 Å². The summed E-state index contributed by atoms with van der Waals surface area (Å²) in [6.45, 7) is 4.54. The second kappa shape index (κ2) is 7.81. The molecule has 2 heteroatoms. The Balaban J connectivity index is 0.00000169. The number of rotatable bonds is 5. The van der Waals surface area contributed by atoms with E-state index in [2.05, 4.69) is 31.0 Å². The first-order valence-corrected chi connectivity index (χ1v) is 5.24. The zero-order chi connectivity index (χ0) is 9.52. The molecular formula is C12H20ClN. The van der Waals surface area contributed by atoms with E-state index < -0.39 is 0 Å². The van der Waals surface area contributed by atoms with Crippen molar-refractivity contribution in [2.24, 2.45) is 0 Å². The maximum atomic E-state index is 4.02. The van der Waals surface area contributed by atoms with Crippen molar-refractivity contribution in [3.63, 3.8) is 0 Å². The zero-order valence-electron chi connectivity index (χ0n) is 9.07. The molecule has 1 unspecified atom stereocenters. The largest absolute Gasteiger partial charge is 0.265 e. The summed E-state index contributed by atoms with van der Waals surface area (Å²) in [6, 6.07) is 4.24. The van der Waals surface area contributed by atoms with Gasteiger partial charge in [0, 0.05) is 12.4 Å². The van der Waals surface area contributed by atoms with E-state index in [0.717, 1.165) is 0 Å². The van der Waals surface area contributed by atoms with Crippen molar-refractivity contribution < 1.29 is 0 Å². The molecule has 0 aromatic carbocycles. The monoisotopic (exact) mass is 213 g/mol. The van der Waals surface area contributed by atoms with Crippen molar-refractivity contribution in [2.75, 3.05) is 0 Å². The van der Waals surface area contributed by atoms with Gasteiger partial charge in [-0.05, 0) is 30.0 Å². The maximum absolute atomic E-state index is 4.02. The summed E-state index contributed by atoms with van der Waals surface area (Å²) in [4.78, 5) is 4.02. The normalized spacial score (nSPS) is 11.9. The molecular weight excluding hydrogens is 194 g/mol. The van der Waals surface area contributed by atoms with E-state index in [1.807, 2.05) is 12.4 Å². The van der Waals surface area contributed by atoms with Gasteiger partial charge in [0.2, 0.25) is 0 Å². The molecule has 0 radical (unpaired) electrons. The second-order valence-electron chi connectivity index (χ2n) is 3.68. The highest BCUT2D eigenvalue weighted by Crippen LogP contribution is 2.20. The van der Waals surface area contributed by atoms with Crippen LogP contribution in [0.25, 0.3) is 0 Å². The smallest absolute Gasteiger partial charge is 0.0270 e. The third kappa shape index (κ3) is 4.61. The van der Waals surface area contributed by atoms with Crippen molar-refractivity contribution in [3.05, 3.63) is 30.1 Å². The number of pyridine rings is 1. The van der Waals surface area contributed by atoms with Gasteiger partial charge in [-0.15, -0.1) is 12.4 Å². The molecule has 0 aliphatic carbocycles. The van der Waals surface area contributed by atoms with Crippen LogP contribution in [0.3, 0.4) is 0 Å². The van der Waals surface area contributed by atoms with Gasteiger partial charge in [-0.3, -0.25) is 4.98 Å². The number of aromatic nitrogens is 1.